The zero-order valence-electron chi connectivity index (χ0n) is 8.42. The van der Waals surface area contributed by atoms with Gasteiger partial charge in [-0.3, -0.25) is 9.59 Å². The Balaban J connectivity index is 2.57. The SMILES string of the molecule is C=C(Cl)CNC(=O)C1=NN(C)C(=O)CC1. The largest absolute Gasteiger partial charge is 0.346 e. The summed E-state index contributed by atoms with van der Waals surface area (Å²) >= 11 is 5.50. The minimum absolute atomic E-state index is 0.0895. The van der Waals surface area contributed by atoms with Crippen LogP contribution >= 0.6 is 11.6 Å². The topological polar surface area (TPSA) is 61.8 Å². The first-order chi connectivity index (χ1) is 7.00. The third kappa shape index (κ3) is 3.36. The number of carbonyl (C=O) groups excluding carboxylic acids is 2. The fraction of sp³-hybridized carbons (Fsp3) is 0.444. The van der Waals surface area contributed by atoms with E-state index in [1.807, 2.05) is 0 Å². The normalized spacial score (nSPS) is 16.0. The maximum Gasteiger partial charge on any atom is 0.267 e. The van der Waals surface area contributed by atoms with Crippen molar-refractivity contribution >= 4 is 29.1 Å². The van der Waals surface area contributed by atoms with Crippen molar-refractivity contribution in [1.29, 1.82) is 0 Å². The second kappa shape index (κ2) is 4.93. The summed E-state index contributed by atoms with van der Waals surface area (Å²) in [6, 6.07) is 0. The molecule has 0 aromatic rings. The van der Waals surface area contributed by atoms with E-state index in [1.54, 1.807) is 0 Å². The number of hydrogen-bond acceptors (Lipinski definition) is 3. The van der Waals surface area contributed by atoms with Crippen molar-refractivity contribution in [2.24, 2.45) is 5.10 Å². The summed E-state index contributed by atoms with van der Waals surface area (Å²) in [5, 5.41) is 7.93. The predicted molar refractivity (Wildman–Crippen MR) is 57.4 cm³/mol. The van der Waals surface area contributed by atoms with Crippen LogP contribution in [0, 0.1) is 0 Å². The Morgan fingerprint density at radius 2 is 2.33 bits per heavy atom. The Hall–Kier alpha value is -1.36. The van der Waals surface area contributed by atoms with Crippen LogP contribution in [0.2, 0.25) is 0 Å². The van der Waals surface area contributed by atoms with Gasteiger partial charge in [0, 0.05) is 24.9 Å². The minimum Gasteiger partial charge on any atom is -0.346 e. The molecule has 0 saturated heterocycles. The van der Waals surface area contributed by atoms with Gasteiger partial charge in [0.25, 0.3) is 5.91 Å². The Morgan fingerprint density at radius 3 is 2.87 bits per heavy atom. The van der Waals surface area contributed by atoms with E-state index in [0.29, 0.717) is 23.6 Å². The lowest BCUT2D eigenvalue weighted by molar-refractivity contribution is -0.130. The lowest BCUT2D eigenvalue weighted by Crippen LogP contribution is -2.37. The Kier molecular flexibility index (Phi) is 3.85. The van der Waals surface area contributed by atoms with Crippen molar-refractivity contribution in [1.82, 2.24) is 10.3 Å². The Bertz CT molecular complexity index is 338. The molecule has 15 heavy (non-hydrogen) atoms. The minimum atomic E-state index is -0.309. The highest BCUT2D eigenvalue weighted by Gasteiger charge is 2.21. The predicted octanol–water partition coefficient (Wildman–Crippen LogP) is 0.463. The summed E-state index contributed by atoms with van der Waals surface area (Å²) in [6.07, 6.45) is 0.675. The molecular weight excluding hydrogens is 218 g/mol. The zero-order valence-corrected chi connectivity index (χ0v) is 9.17. The number of hydrazone groups is 1. The molecule has 0 unspecified atom stereocenters. The molecule has 0 radical (unpaired) electrons. The molecule has 0 aromatic carbocycles. The summed E-state index contributed by atoms with van der Waals surface area (Å²) in [5.41, 5.74) is 0.343. The monoisotopic (exact) mass is 229 g/mol. The van der Waals surface area contributed by atoms with Crippen LogP contribution < -0.4 is 5.32 Å². The van der Waals surface area contributed by atoms with Gasteiger partial charge in [-0.25, -0.2) is 5.01 Å². The molecule has 1 aliphatic heterocycles. The molecule has 0 fully saturated rings. The number of nitrogens with one attached hydrogen (secondary N) is 1. The van der Waals surface area contributed by atoms with Crippen molar-refractivity contribution in [2.75, 3.05) is 13.6 Å². The molecule has 1 N–H and O–H groups in total. The molecule has 0 spiro atoms. The van der Waals surface area contributed by atoms with Crippen molar-refractivity contribution in [3.63, 3.8) is 0 Å². The standard InChI is InChI=1S/C9H12ClN3O2/c1-6(10)5-11-9(15)7-3-4-8(14)13(2)12-7/h1,3-5H2,2H3,(H,11,15). The fourth-order valence-corrected chi connectivity index (χ4v) is 1.18. The molecule has 1 heterocycles. The first kappa shape index (κ1) is 11.7. The van der Waals surface area contributed by atoms with Crippen LogP contribution in [-0.4, -0.2) is 36.1 Å². The molecule has 82 valence electrons. The number of rotatable bonds is 3. The quantitative estimate of drug-likeness (QED) is 0.765. The van der Waals surface area contributed by atoms with Crippen molar-refractivity contribution in [3.8, 4) is 0 Å². The van der Waals surface area contributed by atoms with Gasteiger partial charge in [-0.2, -0.15) is 5.10 Å². The van der Waals surface area contributed by atoms with Crippen LogP contribution in [0.3, 0.4) is 0 Å². The molecule has 0 saturated carbocycles. The van der Waals surface area contributed by atoms with E-state index in [-0.39, 0.29) is 18.4 Å². The fourth-order valence-electron chi connectivity index (χ4n) is 1.11. The van der Waals surface area contributed by atoms with Crippen LogP contribution in [0.4, 0.5) is 0 Å². The maximum atomic E-state index is 11.5. The van der Waals surface area contributed by atoms with E-state index in [0.717, 1.165) is 0 Å². The van der Waals surface area contributed by atoms with Crippen LogP contribution in [0.1, 0.15) is 12.8 Å². The number of nitrogens with zero attached hydrogens (tertiary/aromatic N) is 2. The Morgan fingerprint density at radius 1 is 1.67 bits per heavy atom. The third-order valence-electron chi connectivity index (χ3n) is 1.91. The number of carbonyl (C=O) groups is 2. The first-order valence-corrected chi connectivity index (χ1v) is 4.84. The molecule has 0 aliphatic carbocycles. The van der Waals surface area contributed by atoms with Crippen LogP contribution in [0.25, 0.3) is 0 Å². The summed E-state index contributed by atoms with van der Waals surface area (Å²) in [5.74, 6) is -0.399. The van der Waals surface area contributed by atoms with Gasteiger partial charge in [-0.1, -0.05) is 18.2 Å². The maximum absolute atomic E-state index is 11.5. The number of halogens is 1. The molecule has 6 heteroatoms. The molecule has 0 bridgehead atoms. The third-order valence-corrected chi connectivity index (χ3v) is 2.04. The van der Waals surface area contributed by atoms with Crippen molar-refractivity contribution in [2.45, 2.75) is 12.8 Å². The average Bonchev–Trinajstić information content (AvgIpc) is 2.18. The zero-order chi connectivity index (χ0) is 11.4. The lowest BCUT2D eigenvalue weighted by atomic mass is 10.1. The van der Waals surface area contributed by atoms with Crippen molar-refractivity contribution < 1.29 is 9.59 Å². The van der Waals surface area contributed by atoms with Crippen LogP contribution in [-0.2, 0) is 9.59 Å². The van der Waals surface area contributed by atoms with E-state index in [2.05, 4.69) is 17.0 Å². The van der Waals surface area contributed by atoms with E-state index < -0.39 is 0 Å². The summed E-state index contributed by atoms with van der Waals surface area (Å²) in [6.45, 7) is 3.65. The van der Waals surface area contributed by atoms with Gasteiger partial charge >= 0.3 is 0 Å². The van der Waals surface area contributed by atoms with E-state index in [1.165, 1.54) is 12.1 Å². The van der Waals surface area contributed by atoms with Gasteiger partial charge in [0.05, 0.1) is 6.54 Å². The van der Waals surface area contributed by atoms with Crippen LogP contribution in [0.5, 0.6) is 0 Å². The average molecular weight is 230 g/mol. The lowest BCUT2D eigenvalue weighted by Gasteiger charge is -2.18. The molecule has 2 amide bonds. The summed E-state index contributed by atoms with van der Waals surface area (Å²) in [7, 11) is 1.52. The number of hydrogen-bond donors (Lipinski definition) is 1. The van der Waals surface area contributed by atoms with E-state index in [9.17, 15) is 9.59 Å². The molecule has 0 aromatic heterocycles. The second-order valence-electron chi connectivity index (χ2n) is 3.16. The summed E-state index contributed by atoms with van der Waals surface area (Å²) in [4.78, 5) is 22.6. The smallest absolute Gasteiger partial charge is 0.267 e. The van der Waals surface area contributed by atoms with Gasteiger partial charge in [0.2, 0.25) is 5.91 Å². The summed E-state index contributed by atoms with van der Waals surface area (Å²) < 4.78 is 0. The highest BCUT2D eigenvalue weighted by atomic mass is 35.5. The van der Waals surface area contributed by atoms with Crippen LogP contribution in [0.15, 0.2) is 16.7 Å². The molecule has 1 aliphatic rings. The number of amides is 2. The van der Waals surface area contributed by atoms with Gasteiger partial charge in [0.1, 0.15) is 5.71 Å². The second-order valence-corrected chi connectivity index (χ2v) is 3.70. The van der Waals surface area contributed by atoms with Gasteiger partial charge in [-0.15, -0.1) is 0 Å². The van der Waals surface area contributed by atoms with Gasteiger partial charge in [0.15, 0.2) is 0 Å². The van der Waals surface area contributed by atoms with Crippen molar-refractivity contribution in [3.05, 3.63) is 11.6 Å². The molecule has 0 atom stereocenters. The molecular formula is C9H12ClN3O2. The van der Waals surface area contributed by atoms with E-state index in [4.69, 9.17) is 11.6 Å². The van der Waals surface area contributed by atoms with E-state index >= 15 is 0 Å². The van der Waals surface area contributed by atoms with Gasteiger partial charge < -0.3 is 5.32 Å². The highest BCUT2D eigenvalue weighted by Crippen LogP contribution is 2.07. The van der Waals surface area contributed by atoms with Gasteiger partial charge in [-0.05, 0) is 0 Å². The first-order valence-electron chi connectivity index (χ1n) is 4.46. The molecule has 1 rings (SSSR count). The molecule has 5 nitrogen and oxygen atoms in total. The Labute approximate surface area is 92.8 Å². The highest BCUT2D eigenvalue weighted by molar-refractivity contribution is 6.39.